The second-order valence-electron chi connectivity index (χ2n) is 4.05. The topological polar surface area (TPSA) is 78.1 Å². The first-order chi connectivity index (χ1) is 7.97. The van der Waals surface area contributed by atoms with Crippen molar-refractivity contribution in [2.45, 2.75) is 32.7 Å². The summed E-state index contributed by atoms with van der Waals surface area (Å²) in [6.07, 6.45) is 5.12. The molecule has 0 aliphatic rings. The van der Waals surface area contributed by atoms with E-state index in [1.165, 1.54) is 4.31 Å². The van der Waals surface area contributed by atoms with Crippen LogP contribution in [0.4, 0.5) is 0 Å². The average Bonchev–Trinajstić information content (AvgIpc) is 2.78. The third kappa shape index (κ3) is 4.10. The SMILES string of the molecule is CCCCN(C)S(=O)(=O)NC(C)c1cn[nH]c1. The molecular weight excluding hydrogens is 240 g/mol. The Kier molecular flexibility index (Phi) is 5.10. The fraction of sp³-hybridized carbons (Fsp3) is 0.700. The zero-order valence-corrected chi connectivity index (χ0v) is 11.3. The highest BCUT2D eigenvalue weighted by Gasteiger charge is 2.20. The number of unbranched alkanes of at least 4 members (excludes halogenated alkanes) is 1. The molecule has 6 nitrogen and oxygen atoms in total. The first-order valence-electron chi connectivity index (χ1n) is 5.69. The standard InChI is InChI=1S/C10H20N4O2S/c1-4-5-6-14(3)17(15,16)13-9(2)10-7-11-12-8-10/h7-9,13H,4-6H2,1-3H3,(H,11,12). The fourth-order valence-electron chi connectivity index (χ4n) is 1.38. The van der Waals surface area contributed by atoms with Gasteiger partial charge in [0.25, 0.3) is 10.2 Å². The molecule has 0 saturated heterocycles. The van der Waals surface area contributed by atoms with Crippen molar-refractivity contribution in [3.8, 4) is 0 Å². The second-order valence-corrected chi connectivity index (χ2v) is 5.86. The Hall–Kier alpha value is -0.920. The van der Waals surface area contributed by atoms with Gasteiger partial charge in [-0.05, 0) is 13.3 Å². The summed E-state index contributed by atoms with van der Waals surface area (Å²) in [6.45, 7) is 4.35. The van der Waals surface area contributed by atoms with Gasteiger partial charge in [-0.2, -0.15) is 22.5 Å². The predicted octanol–water partition coefficient (Wildman–Crippen LogP) is 1.04. The summed E-state index contributed by atoms with van der Waals surface area (Å²) in [5.74, 6) is 0. The van der Waals surface area contributed by atoms with Gasteiger partial charge < -0.3 is 0 Å². The maximum atomic E-state index is 11.9. The minimum atomic E-state index is -3.42. The Labute approximate surface area is 103 Å². The summed E-state index contributed by atoms with van der Waals surface area (Å²) in [5, 5.41) is 6.46. The van der Waals surface area contributed by atoms with E-state index in [2.05, 4.69) is 14.9 Å². The van der Waals surface area contributed by atoms with Crippen molar-refractivity contribution in [2.24, 2.45) is 0 Å². The summed E-state index contributed by atoms with van der Waals surface area (Å²) in [5.41, 5.74) is 0.817. The molecule has 0 aliphatic carbocycles. The van der Waals surface area contributed by atoms with E-state index in [4.69, 9.17) is 0 Å². The Morgan fingerprint density at radius 1 is 1.59 bits per heavy atom. The molecule has 1 aromatic rings. The van der Waals surface area contributed by atoms with Crippen LogP contribution in [0.25, 0.3) is 0 Å². The summed E-state index contributed by atoms with van der Waals surface area (Å²) < 4.78 is 27.8. The predicted molar refractivity (Wildman–Crippen MR) is 66.6 cm³/mol. The van der Waals surface area contributed by atoms with Gasteiger partial charge in [0.05, 0.1) is 6.20 Å². The lowest BCUT2D eigenvalue weighted by molar-refractivity contribution is 0.442. The molecule has 0 aliphatic heterocycles. The van der Waals surface area contributed by atoms with Crippen molar-refractivity contribution in [3.63, 3.8) is 0 Å². The molecule has 2 N–H and O–H groups in total. The maximum absolute atomic E-state index is 11.9. The van der Waals surface area contributed by atoms with Crippen LogP contribution >= 0.6 is 0 Å². The lowest BCUT2D eigenvalue weighted by atomic mass is 10.2. The van der Waals surface area contributed by atoms with Gasteiger partial charge in [0.2, 0.25) is 0 Å². The van der Waals surface area contributed by atoms with Gasteiger partial charge in [-0.25, -0.2) is 0 Å². The lowest BCUT2D eigenvalue weighted by Gasteiger charge is -2.20. The minimum absolute atomic E-state index is 0.289. The van der Waals surface area contributed by atoms with Crippen molar-refractivity contribution in [1.82, 2.24) is 19.2 Å². The number of H-pyrrole nitrogens is 1. The van der Waals surface area contributed by atoms with Crippen LogP contribution in [-0.2, 0) is 10.2 Å². The van der Waals surface area contributed by atoms with Crippen LogP contribution in [0.2, 0.25) is 0 Å². The van der Waals surface area contributed by atoms with Gasteiger partial charge in [-0.3, -0.25) is 5.10 Å². The van der Waals surface area contributed by atoms with Gasteiger partial charge >= 0.3 is 0 Å². The van der Waals surface area contributed by atoms with E-state index in [1.807, 2.05) is 6.92 Å². The van der Waals surface area contributed by atoms with Gasteiger partial charge in [0.15, 0.2) is 0 Å². The molecule has 7 heteroatoms. The second kappa shape index (κ2) is 6.13. The van der Waals surface area contributed by atoms with Crippen molar-refractivity contribution < 1.29 is 8.42 Å². The third-order valence-corrected chi connectivity index (χ3v) is 4.24. The van der Waals surface area contributed by atoms with E-state index in [1.54, 1.807) is 26.4 Å². The lowest BCUT2D eigenvalue weighted by Crippen LogP contribution is -2.39. The highest BCUT2D eigenvalue weighted by Crippen LogP contribution is 2.11. The molecule has 0 aromatic carbocycles. The van der Waals surface area contributed by atoms with Crippen molar-refractivity contribution in [1.29, 1.82) is 0 Å². The molecule has 0 radical (unpaired) electrons. The molecule has 0 fully saturated rings. The van der Waals surface area contributed by atoms with Crippen LogP contribution in [0.5, 0.6) is 0 Å². The maximum Gasteiger partial charge on any atom is 0.279 e. The van der Waals surface area contributed by atoms with Gasteiger partial charge in [-0.15, -0.1) is 0 Å². The number of rotatable bonds is 7. The smallest absolute Gasteiger partial charge is 0.279 e. The largest absolute Gasteiger partial charge is 0.285 e. The van der Waals surface area contributed by atoms with Crippen LogP contribution in [0.3, 0.4) is 0 Å². The van der Waals surface area contributed by atoms with Crippen LogP contribution in [0, 0.1) is 0 Å². The van der Waals surface area contributed by atoms with E-state index in [0.717, 1.165) is 18.4 Å². The van der Waals surface area contributed by atoms with E-state index in [-0.39, 0.29) is 6.04 Å². The van der Waals surface area contributed by atoms with Crippen molar-refractivity contribution in [3.05, 3.63) is 18.0 Å². The van der Waals surface area contributed by atoms with Gasteiger partial charge in [-0.1, -0.05) is 13.3 Å². The Morgan fingerprint density at radius 3 is 2.82 bits per heavy atom. The Balaban J connectivity index is 2.60. The minimum Gasteiger partial charge on any atom is -0.285 e. The zero-order chi connectivity index (χ0) is 12.9. The molecule has 17 heavy (non-hydrogen) atoms. The van der Waals surface area contributed by atoms with E-state index >= 15 is 0 Å². The van der Waals surface area contributed by atoms with E-state index < -0.39 is 10.2 Å². The van der Waals surface area contributed by atoms with E-state index in [9.17, 15) is 8.42 Å². The summed E-state index contributed by atoms with van der Waals surface area (Å²) in [7, 11) is -1.83. The third-order valence-electron chi connectivity index (χ3n) is 2.58. The van der Waals surface area contributed by atoms with Crippen molar-refractivity contribution in [2.75, 3.05) is 13.6 Å². The molecule has 1 heterocycles. The Morgan fingerprint density at radius 2 is 2.29 bits per heavy atom. The Bertz CT molecular complexity index is 416. The highest BCUT2D eigenvalue weighted by molar-refractivity contribution is 7.87. The first kappa shape index (κ1) is 14.1. The van der Waals surface area contributed by atoms with Gasteiger partial charge in [0.1, 0.15) is 0 Å². The molecule has 1 rings (SSSR count). The first-order valence-corrected chi connectivity index (χ1v) is 7.13. The molecule has 98 valence electrons. The van der Waals surface area contributed by atoms with Crippen LogP contribution in [0.1, 0.15) is 38.3 Å². The monoisotopic (exact) mass is 260 g/mol. The normalized spacial score (nSPS) is 14.1. The van der Waals surface area contributed by atoms with Crippen LogP contribution in [0.15, 0.2) is 12.4 Å². The number of nitrogens with zero attached hydrogens (tertiary/aromatic N) is 2. The number of hydrogen-bond acceptors (Lipinski definition) is 3. The molecule has 1 unspecified atom stereocenters. The number of aromatic amines is 1. The number of hydrogen-bond donors (Lipinski definition) is 2. The van der Waals surface area contributed by atoms with Crippen LogP contribution < -0.4 is 4.72 Å². The summed E-state index contributed by atoms with van der Waals surface area (Å²) >= 11 is 0. The van der Waals surface area contributed by atoms with Gasteiger partial charge in [0, 0.05) is 31.4 Å². The quantitative estimate of drug-likeness (QED) is 0.769. The van der Waals surface area contributed by atoms with Crippen LogP contribution in [-0.4, -0.2) is 36.5 Å². The zero-order valence-electron chi connectivity index (χ0n) is 10.5. The summed E-state index contributed by atoms with van der Waals surface area (Å²) in [6, 6.07) is -0.289. The summed E-state index contributed by atoms with van der Waals surface area (Å²) in [4.78, 5) is 0. The average molecular weight is 260 g/mol. The van der Waals surface area contributed by atoms with Crippen molar-refractivity contribution >= 4 is 10.2 Å². The molecule has 0 saturated carbocycles. The van der Waals surface area contributed by atoms with E-state index in [0.29, 0.717) is 6.54 Å². The molecular formula is C10H20N4O2S. The molecule has 0 bridgehead atoms. The molecule has 0 spiro atoms. The molecule has 0 amide bonds. The fourth-order valence-corrected chi connectivity index (χ4v) is 2.51. The number of aromatic nitrogens is 2. The number of nitrogens with one attached hydrogen (secondary N) is 2. The highest BCUT2D eigenvalue weighted by atomic mass is 32.2. The molecule has 1 atom stereocenters. The molecule has 1 aromatic heterocycles.